The molecular weight excluding hydrogens is 328 g/mol. The predicted octanol–water partition coefficient (Wildman–Crippen LogP) is 2.63. The van der Waals surface area contributed by atoms with Crippen molar-refractivity contribution in [2.24, 2.45) is 0 Å². The Morgan fingerprint density at radius 2 is 2.46 bits per heavy atom. The number of ether oxygens (including phenoxy) is 2. The minimum Gasteiger partial charge on any atom is -0.459 e. The van der Waals surface area contributed by atoms with E-state index >= 15 is 0 Å². The summed E-state index contributed by atoms with van der Waals surface area (Å²) in [6.07, 6.45) is 3.22. The van der Waals surface area contributed by atoms with Crippen LogP contribution in [0.3, 0.4) is 0 Å². The number of fused-ring (bicyclic) bond motifs is 1. The molecule has 7 heteroatoms. The Morgan fingerprint density at radius 3 is 3.21 bits per heavy atom. The number of hydrogen-bond acceptors (Lipinski definition) is 6. The van der Waals surface area contributed by atoms with Crippen molar-refractivity contribution in [1.82, 2.24) is 9.88 Å². The van der Waals surface area contributed by atoms with Crippen LogP contribution in [0.5, 0.6) is 0 Å². The molecule has 24 heavy (non-hydrogen) atoms. The third-order valence-electron chi connectivity index (χ3n) is 4.58. The molecule has 6 nitrogen and oxygen atoms in total. The van der Waals surface area contributed by atoms with E-state index in [1.807, 2.05) is 17.2 Å². The van der Waals surface area contributed by atoms with Crippen LogP contribution < -0.4 is 0 Å². The molecule has 0 aromatic carbocycles. The van der Waals surface area contributed by atoms with Crippen molar-refractivity contribution in [3.63, 3.8) is 0 Å². The summed E-state index contributed by atoms with van der Waals surface area (Å²) in [6.45, 7) is 3.68. The van der Waals surface area contributed by atoms with Crippen LogP contribution in [0.25, 0.3) is 0 Å². The van der Waals surface area contributed by atoms with E-state index in [1.54, 1.807) is 23.5 Å². The number of amides is 1. The smallest absolute Gasteiger partial charge is 0.289 e. The van der Waals surface area contributed by atoms with Crippen molar-refractivity contribution >= 4 is 17.2 Å². The lowest BCUT2D eigenvalue weighted by molar-refractivity contribution is -0.0814. The lowest BCUT2D eigenvalue weighted by Gasteiger charge is -2.31. The molecule has 0 aliphatic carbocycles. The molecule has 3 atom stereocenters. The van der Waals surface area contributed by atoms with E-state index in [2.05, 4.69) is 4.98 Å². The summed E-state index contributed by atoms with van der Waals surface area (Å²) in [7, 11) is 0. The van der Waals surface area contributed by atoms with Gasteiger partial charge in [0.05, 0.1) is 36.2 Å². The summed E-state index contributed by atoms with van der Waals surface area (Å²) in [5, 5.41) is 3.04. The fourth-order valence-corrected chi connectivity index (χ4v) is 4.10. The molecule has 0 N–H and O–H groups in total. The predicted molar refractivity (Wildman–Crippen MR) is 87.9 cm³/mol. The van der Waals surface area contributed by atoms with Gasteiger partial charge in [0.2, 0.25) is 0 Å². The van der Waals surface area contributed by atoms with Gasteiger partial charge in [0.25, 0.3) is 5.91 Å². The minimum atomic E-state index is -0.129. The Kier molecular flexibility index (Phi) is 4.39. The van der Waals surface area contributed by atoms with Crippen LogP contribution in [0.15, 0.2) is 28.2 Å². The van der Waals surface area contributed by atoms with Gasteiger partial charge in [0.15, 0.2) is 5.76 Å². The fraction of sp³-hybridized carbons (Fsp3) is 0.529. The van der Waals surface area contributed by atoms with Gasteiger partial charge in [-0.3, -0.25) is 4.79 Å². The van der Waals surface area contributed by atoms with Crippen molar-refractivity contribution in [3.05, 3.63) is 40.2 Å². The summed E-state index contributed by atoms with van der Waals surface area (Å²) in [5.74, 6) is 0.284. The number of carbonyl (C=O) groups excluding carboxylic acids is 1. The van der Waals surface area contributed by atoms with Crippen molar-refractivity contribution < 1.29 is 18.7 Å². The molecule has 128 valence electrons. The average molecular weight is 348 g/mol. The number of nitrogens with zero attached hydrogens (tertiary/aromatic N) is 2. The van der Waals surface area contributed by atoms with E-state index in [4.69, 9.17) is 13.9 Å². The van der Waals surface area contributed by atoms with Gasteiger partial charge >= 0.3 is 0 Å². The Bertz CT molecular complexity index is 699. The molecule has 0 unspecified atom stereocenters. The number of aromatic nitrogens is 1. The molecule has 2 aliphatic heterocycles. The molecule has 2 fully saturated rings. The highest BCUT2D eigenvalue weighted by atomic mass is 32.1. The topological polar surface area (TPSA) is 64.8 Å². The summed E-state index contributed by atoms with van der Waals surface area (Å²) in [6, 6.07) is 3.49. The molecule has 0 spiro atoms. The molecule has 2 saturated heterocycles. The zero-order valence-corrected chi connectivity index (χ0v) is 14.3. The van der Waals surface area contributed by atoms with Crippen LogP contribution in [0.4, 0.5) is 0 Å². The average Bonchev–Trinajstić information content (AvgIpc) is 3.32. The van der Waals surface area contributed by atoms with E-state index in [9.17, 15) is 4.79 Å². The standard InChI is InChI=1S/C17H20N2O4S/c1-11-18-12(10-24-11)9-23-15-8-19(13-4-2-7-22-16(13)15)17(20)14-5-3-6-21-14/h3,5-6,10,13,15-16H,2,4,7-9H2,1H3/t13-,15-,16+/m1/s1. The Hall–Kier alpha value is -1.70. The first kappa shape index (κ1) is 15.8. The van der Waals surface area contributed by atoms with Gasteiger partial charge < -0.3 is 18.8 Å². The van der Waals surface area contributed by atoms with Crippen molar-refractivity contribution in [2.75, 3.05) is 13.2 Å². The number of carbonyl (C=O) groups is 1. The van der Waals surface area contributed by atoms with Crippen LogP contribution in [-0.2, 0) is 16.1 Å². The highest BCUT2D eigenvalue weighted by molar-refractivity contribution is 7.09. The second-order valence-corrected chi connectivity index (χ2v) is 7.25. The SMILES string of the molecule is Cc1nc(CO[C@@H]2CN(C(=O)c3ccco3)[C@@H]3CCCO[C@@H]32)cs1. The van der Waals surface area contributed by atoms with Gasteiger partial charge in [-0.05, 0) is 31.9 Å². The molecule has 1 amide bonds. The molecule has 4 rings (SSSR count). The largest absolute Gasteiger partial charge is 0.459 e. The van der Waals surface area contributed by atoms with Crippen molar-refractivity contribution in [2.45, 2.75) is 44.6 Å². The molecule has 2 aromatic heterocycles. The monoisotopic (exact) mass is 348 g/mol. The number of hydrogen-bond donors (Lipinski definition) is 0. The Morgan fingerprint density at radius 1 is 1.54 bits per heavy atom. The minimum absolute atomic E-state index is 0.0542. The van der Waals surface area contributed by atoms with Gasteiger partial charge in [-0.1, -0.05) is 0 Å². The molecule has 2 aliphatic rings. The van der Waals surface area contributed by atoms with Gasteiger partial charge in [-0.25, -0.2) is 4.98 Å². The maximum Gasteiger partial charge on any atom is 0.289 e. The maximum atomic E-state index is 12.7. The number of aryl methyl sites for hydroxylation is 1. The third kappa shape index (κ3) is 2.99. The van der Waals surface area contributed by atoms with Crippen LogP contribution in [-0.4, -0.2) is 47.2 Å². The number of rotatable bonds is 4. The Balaban J connectivity index is 1.47. The van der Waals surface area contributed by atoms with Crippen LogP contribution in [0, 0.1) is 6.92 Å². The van der Waals surface area contributed by atoms with E-state index in [0.29, 0.717) is 18.9 Å². The number of likely N-dealkylation sites (tertiary alicyclic amines) is 1. The zero-order chi connectivity index (χ0) is 16.5. The molecule has 4 heterocycles. The first-order valence-electron chi connectivity index (χ1n) is 8.21. The first-order valence-corrected chi connectivity index (χ1v) is 9.09. The van der Waals surface area contributed by atoms with Crippen LogP contribution in [0.1, 0.15) is 34.1 Å². The number of thiazole rings is 1. The first-order chi connectivity index (χ1) is 11.7. The molecule has 2 aromatic rings. The van der Waals surface area contributed by atoms with Crippen molar-refractivity contribution in [1.29, 1.82) is 0 Å². The lowest BCUT2D eigenvalue weighted by Crippen LogP contribution is -2.43. The van der Waals surface area contributed by atoms with E-state index < -0.39 is 0 Å². The van der Waals surface area contributed by atoms with Gasteiger partial charge in [-0.2, -0.15) is 0 Å². The second-order valence-electron chi connectivity index (χ2n) is 6.19. The van der Waals surface area contributed by atoms with Gasteiger partial charge in [0, 0.05) is 12.0 Å². The highest BCUT2D eigenvalue weighted by Gasteiger charge is 2.47. The van der Waals surface area contributed by atoms with Crippen LogP contribution >= 0.6 is 11.3 Å². The molecule has 0 bridgehead atoms. The summed E-state index contributed by atoms with van der Waals surface area (Å²) in [4.78, 5) is 19.0. The van der Waals surface area contributed by atoms with E-state index in [-0.39, 0.29) is 24.2 Å². The van der Waals surface area contributed by atoms with E-state index in [1.165, 1.54) is 6.26 Å². The van der Waals surface area contributed by atoms with Crippen LogP contribution in [0.2, 0.25) is 0 Å². The van der Waals surface area contributed by atoms with Gasteiger partial charge in [-0.15, -0.1) is 11.3 Å². The summed E-state index contributed by atoms with van der Waals surface area (Å²) in [5.41, 5.74) is 0.931. The molecule has 0 radical (unpaired) electrons. The molecular formula is C17H20N2O4S. The van der Waals surface area contributed by atoms with Crippen molar-refractivity contribution in [3.8, 4) is 0 Å². The normalized spacial score (nSPS) is 26.5. The second kappa shape index (κ2) is 6.66. The zero-order valence-electron chi connectivity index (χ0n) is 13.5. The number of furan rings is 1. The fourth-order valence-electron chi connectivity index (χ4n) is 3.50. The Labute approximate surface area is 144 Å². The summed E-state index contributed by atoms with van der Waals surface area (Å²) >= 11 is 1.61. The van der Waals surface area contributed by atoms with E-state index in [0.717, 1.165) is 30.2 Å². The summed E-state index contributed by atoms with van der Waals surface area (Å²) < 4.78 is 17.3. The quantitative estimate of drug-likeness (QED) is 0.850. The third-order valence-corrected chi connectivity index (χ3v) is 5.40. The van der Waals surface area contributed by atoms with Gasteiger partial charge in [0.1, 0.15) is 12.2 Å². The maximum absolute atomic E-state index is 12.7. The lowest BCUT2D eigenvalue weighted by atomic mass is 10.0. The molecule has 0 saturated carbocycles. The highest BCUT2D eigenvalue weighted by Crippen LogP contribution is 2.32.